The molecule has 3 heteroatoms. The van der Waals surface area contributed by atoms with E-state index in [4.69, 9.17) is 17.0 Å². The van der Waals surface area contributed by atoms with Gasteiger partial charge in [0, 0.05) is 0 Å². The Morgan fingerprint density at radius 1 is 0.846 bits per heavy atom. The number of benzene rings is 1. The molecule has 0 spiro atoms. The molecule has 1 saturated carbocycles. The molecule has 3 aliphatic carbocycles. The second-order valence-electron chi connectivity index (χ2n) is 7.62. The SMILES string of the molecule is [CH3-].[CH3-].[Cl][Zr+2][Cl].c1ccc2c(c1)CC[C@H](CC1=C3CCCCC[C@@H]3CC1)C2. The summed E-state index contributed by atoms with van der Waals surface area (Å²) in [5.74, 6) is 1.91. The molecule has 0 saturated heterocycles. The standard InChI is InChI=1S/C21H28.2CH3.2ClH.Zr/c1-2-7-18-12-13-20(21(18)9-3-1)15-16-10-11-17-6-4-5-8-19(17)14-16;;;;;/h4-6,8,16,18H,1-3,7,9-15H2;2*1H3;2*1H;/q;2*-1;;;+4/p-2/t16-,18+;;;;;/m0...../s1. The van der Waals surface area contributed by atoms with Gasteiger partial charge >= 0.3 is 37.9 Å². The molecule has 0 radical (unpaired) electrons. The molecule has 0 unspecified atom stereocenters. The van der Waals surface area contributed by atoms with Crippen LogP contribution in [0, 0.1) is 26.7 Å². The summed E-state index contributed by atoms with van der Waals surface area (Å²) in [5, 5.41) is 0. The van der Waals surface area contributed by atoms with Gasteiger partial charge in [-0.25, -0.2) is 0 Å². The molecule has 3 aliphatic rings. The van der Waals surface area contributed by atoms with Crippen LogP contribution in [0.25, 0.3) is 0 Å². The first-order valence-electron chi connectivity index (χ1n) is 9.55. The summed E-state index contributed by atoms with van der Waals surface area (Å²) in [6.45, 7) is 0. The molecule has 0 heterocycles. The first-order valence-corrected chi connectivity index (χ1v) is 15.9. The Labute approximate surface area is 180 Å². The molecular weight excluding hydrogens is 438 g/mol. The topological polar surface area (TPSA) is 0 Å². The van der Waals surface area contributed by atoms with Gasteiger partial charge in [-0.2, -0.15) is 0 Å². The Morgan fingerprint density at radius 3 is 2.35 bits per heavy atom. The van der Waals surface area contributed by atoms with E-state index in [1.54, 1.807) is 11.1 Å². The molecule has 4 rings (SSSR count). The summed E-state index contributed by atoms with van der Waals surface area (Å²) >= 11 is -0.826. The summed E-state index contributed by atoms with van der Waals surface area (Å²) < 4.78 is 0. The first-order chi connectivity index (χ1) is 11.8. The van der Waals surface area contributed by atoms with Crippen molar-refractivity contribution in [2.75, 3.05) is 0 Å². The maximum absolute atomic E-state index is 4.93. The number of allylic oxidation sites excluding steroid dienone is 2. The largest absolute Gasteiger partial charge is 0.0704 e. The fraction of sp³-hybridized carbons (Fsp3) is 0.565. The summed E-state index contributed by atoms with van der Waals surface area (Å²) in [4.78, 5) is 0. The van der Waals surface area contributed by atoms with Gasteiger partial charge in [0.25, 0.3) is 0 Å². The Balaban J connectivity index is 0.000000635. The van der Waals surface area contributed by atoms with Crippen LogP contribution in [-0.2, 0) is 33.7 Å². The summed E-state index contributed by atoms with van der Waals surface area (Å²) in [5.41, 5.74) is 7.07. The average Bonchev–Trinajstić information content (AvgIpc) is 2.82. The zero-order chi connectivity index (χ0) is 16.8. The van der Waals surface area contributed by atoms with E-state index < -0.39 is 20.8 Å². The minimum absolute atomic E-state index is 0. The third-order valence-corrected chi connectivity index (χ3v) is 6.22. The third kappa shape index (κ3) is 6.49. The fourth-order valence-electron chi connectivity index (χ4n) is 5.08. The van der Waals surface area contributed by atoms with Crippen molar-refractivity contribution in [3.63, 3.8) is 0 Å². The van der Waals surface area contributed by atoms with Crippen molar-refractivity contribution in [3.8, 4) is 0 Å². The van der Waals surface area contributed by atoms with Crippen LogP contribution in [0.5, 0.6) is 0 Å². The Morgan fingerprint density at radius 2 is 1.58 bits per heavy atom. The van der Waals surface area contributed by atoms with Crippen LogP contribution in [-0.4, -0.2) is 0 Å². The number of rotatable bonds is 2. The van der Waals surface area contributed by atoms with Gasteiger partial charge in [-0.05, 0) is 80.8 Å². The maximum Gasteiger partial charge on any atom is -0.0198 e. The van der Waals surface area contributed by atoms with Crippen LogP contribution in [0.4, 0.5) is 0 Å². The monoisotopic (exact) mass is 470 g/mol. The molecule has 1 aromatic carbocycles. The van der Waals surface area contributed by atoms with Gasteiger partial charge in [0.1, 0.15) is 0 Å². The van der Waals surface area contributed by atoms with Gasteiger partial charge in [0.05, 0.1) is 0 Å². The molecule has 26 heavy (non-hydrogen) atoms. The molecule has 0 bridgehead atoms. The van der Waals surface area contributed by atoms with Crippen LogP contribution >= 0.6 is 17.0 Å². The van der Waals surface area contributed by atoms with E-state index in [2.05, 4.69) is 24.3 Å². The van der Waals surface area contributed by atoms with Gasteiger partial charge < -0.3 is 14.9 Å². The minimum Gasteiger partial charge on any atom is -0.0704 e. The summed E-state index contributed by atoms with van der Waals surface area (Å²) in [7, 11) is 9.87. The molecule has 1 aromatic rings. The van der Waals surface area contributed by atoms with Crippen LogP contribution in [0.3, 0.4) is 0 Å². The number of halogens is 2. The van der Waals surface area contributed by atoms with Crippen LogP contribution in [0.15, 0.2) is 35.4 Å². The molecule has 0 nitrogen and oxygen atoms in total. The Kier molecular flexibility index (Phi) is 12.0. The summed E-state index contributed by atoms with van der Waals surface area (Å²) in [6, 6.07) is 9.13. The van der Waals surface area contributed by atoms with Crippen LogP contribution in [0.1, 0.15) is 68.9 Å². The van der Waals surface area contributed by atoms with E-state index in [1.165, 1.54) is 70.6 Å². The van der Waals surface area contributed by atoms with Crippen molar-refractivity contribution < 1.29 is 20.8 Å². The molecule has 144 valence electrons. The average molecular weight is 473 g/mol. The second-order valence-corrected chi connectivity index (χ2v) is 11.3. The number of hydrogen-bond donors (Lipinski definition) is 0. The normalized spacial score (nSPS) is 23.8. The van der Waals surface area contributed by atoms with Crippen LogP contribution < -0.4 is 0 Å². The van der Waals surface area contributed by atoms with Crippen molar-refractivity contribution in [1.82, 2.24) is 0 Å². The summed E-state index contributed by atoms with van der Waals surface area (Å²) in [6.07, 6.45) is 15.7. The van der Waals surface area contributed by atoms with Gasteiger partial charge in [-0.1, -0.05) is 48.3 Å². The molecule has 0 aliphatic heterocycles. The van der Waals surface area contributed by atoms with E-state index >= 15 is 0 Å². The predicted molar refractivity (Wildman–Crippen MR) is 114 cm³/mol. The molecule has 0 N–H and O–H groups in total. The zero-order valence-corrected chi connectivity index (χ0v) is 20.5. The van der Waals surface area contributed by atoms with Crippen molar-refractivity contribution >= 4 is 17.0 Å². The molecular formula is C23H34Cl2Zr. The van der Waals surface area contributed by atoms with Gasteiger partial charge in [0.2, 0.25) is 0 Å². The smallest absolute Gasteiger partial charge is 0.0198 e. The molecule has 0 amide bonds. The predicted octanol–water partition coefficient (Wildman–Crippen LogP) is 8.13. The van der Waals surface area contributed by atoms with E-state index in [-0.39, 0.29) is 14.9 Å². The van der Waals surface area contributed by atoms with E-state index in [9.17, 15) is 0 Å². The Hall–Kier alpha value is 0.423. The van der Waals surface area contributed by atoms with Gasteiger partial charge in [-0.3, -0.25) is 0 Å². The van der Waals surface area contributed by atoms with Crippen LogP contribution in [0.2, 0.25) is 0 Å². The quantitative estimate of drug-likeness (QED) is 0.301. The van der Waals surface area contributed by atoms with E-state index in [1.807, 2.05) is 11.1 Å². The van der Waals surface area contributed by atoms with Gasteiger partial charge in [0.15, 0.2) is 0 Å². The third-order valence-electron chi connectivity index (χ3n) is 6.22. The molecule has 0 aromatic heterocycles. The number of hydrogen-bond acceptors (Lipinski definition) is 0. The van der Waals surface area contributed by atoms with E-state index in [0.717, 1.165) is 11.8 Å². The minimum atomic E-state index is -0.826. The van der Waals surface area contributed by atoms with Crippen molar-refractivity contribution in [1.29, 1.82) is 0 Å². The first kappa shape index (κ1) is 24.5. The Bertz CT molecular complexity index is 567. The van der Waals surface area contributed by atoms with Crippen molar-refractivity contribution in [3.05, 3.63) is 61.4 Å². The second kappa shape index (κ2) is 12.8. The van der Waals surface area contributed by atoms with Gasteiger partial charge in [-0.15, -0.1) is 0 Å². The molecule has 2 atom stereocenters. The fourth-order valence-corrected chi connectivity index (χ4v) is 5.08. The number of fused-ring (bicyclic) bond motifs is 2. The van der Waals surface area contributed by atoms with Crippen molar-refractivity contribution in [2.45, 2.75) is 70.6 Å². The zero-order valence-electron chi connectivity index (χ0n) is 16.5. The molecule has 1 fully saturated rings. The van der Waals surface area contributed by atoms with E-state index in [0.29, 0.717) is 0 Å². The number of aryl methyl sites for hydroxylation is 1. The van der Waals surface area contributed by atoms with Crippen molar-refractivity contribution in [2.24, 2.45) is 11.8 Å². The maximum atomic E-state index is 4.93.